The summed E-state index contributed by atoms with van der Waals surface area (Å²) in [5, 5.41) is 10.1. The fraction of sp³-hybridized carbons (Fsp3) is 0.455. The summed E-state index contributed by atoms with van der Waals surface area (Å²) in [7, 11) is 0. The molecule has 2 saturated heterocycles. The van der Waals surface area contributed by atoms with Crippen molar-refractivity contribution in [2.45, 2.75) is 52.9 Å². The number of aromatic nitrogens is 1. The highest BCUT2D eigenvalue weighted by molar-refractivity contribution is 6.08. The van der Waals surface area contributed by atoms with E-state index in [1.807, 2.05) is 30.9 Å². The number of nitrogens with zero attached hydrogens (tertiary/aromatic N) is 4. The van der Waals surface area contributed by atoms with Gasteiger partial charge >= 0.3 is 0 Å². The van der Waals surface area contributed by atoms with E-state index in [1.165, 1.54) is 11.3 Å². The topological polar surface area (TPSA) is 111 Å². The molecule has 10 nitrogen and oxygen atoms in total. The van der Waals surface area contributed by atoms with Crippen LogP contribution in [0.15, 0.2) is 47.0 Å². The van der Waals surface area contributed by atoms with E-state index in [1.54, 1.807) is 13.0 Å². The van der Waals surface area contributed by atoms with E-state index in [0.717, 1.165) is 44.8 Å². The molecule has 0 bridgehead atoms. The number of rotatable bonds is 10. The van der Waals surface area contributed by atoms with Gasteiger partial charge in [-0.2, -0.15) is 0 Å². The standard InChI is InChI=1S/C33H42N6O4/c1-22(2)31-30(24(4)36-43-31)33(42)35-26-21-25(32(41)34-14-8-16-39-15-7-11-29(39)40)12-13-28(26)38-19-17-37(18-20-38)27-10-6-5-9-23(27)3/h5-6,9-10,12-13,21-22H,7-8,11,14-20H2,1-4H3,(H,34,41)(H,35,42). The van der Waals surface area contributed by atoms with E-state index in [0.29, 0.717) is 54.2 Å². The Kier molecular flexibility index (Phi) is 9.33. The zero-order valence-corrected chi connectivity index (χ0v) is 25.6. The Morgan fingerprint density at radius 1 is 0.953 bits per heavy atom. The Balaban J connectivity index is 1.33. The number of likely N-dealkylation sites (tertiary alicyclic amines) is 1. The average Bonchev–Trinajstić information content (AvgIpc) is 3.60. The summed E-state index contributed by atoms with van der Waals surface area (Å²) < 4.78 is 5.47. The molecule has 2 aliphatic rings. The van der Waals surface area contributed by atoms with E-state index in [9.17, 15) is 14.4 Å². The predicted octanol–water partition coefficient (Wildman–Crippen LogP) is 4.74. The van der Waals surface area contributed by atoms with E-state index in [2.05, 4.69) is 56.8 Å². The van der Waals surface area contributed by atoms with Crippen LogP contribution in [0.4, 0.5) is 17.1 Å². The third kappa shape index (κ3) is 6.84. The summed E-state index contributed by atoms with van der Waals surface area (Å²) in [6.45, 7) is 12.9. The predicted molar refractivity (Wildman–Crippen MR) is 168 cm³/mol. The normalized spacial score (nSPS) is 15.4. The summed E-state index contributed by atoms with van der Waals surface area (Å²) in [6, 6.07) is 13.9. The van der Waals surface area contributed by atoms with Crippen molar-refractivity contribution in [3.05, 3.63) is 70.6 Å². The van der Waals surface area contributed by atoms with Crippen molar-refractivity contribution >= 4 is 34.8 Å². The first kappa shape index (κ1) is 30.1. The zero-order valence-electron chi connectivity index (χ0n) is 25.6. The fourth-order valence-corrected chi connectivity index (χ4v) is 5.92. The van der Waals surface area contributed by atoms with E-state index in [4.69, 9.17) is 4.52 Å². The minimum atomic E-state index is -0.310. The highest BCUT2D eigenvalue weighted by atomic mass is 16.5. The van der Waals surface area contributed by atoms with Gasteiger partial charge in [0.2, 0.25) is 5.91 Å². The van der Waals surface area contributed by atoms with Crippen LogP contribution in [0.2, 0.25) is 0 Å². The van der Waals surface area contributed by atoms with Gasteiger partial charge in [-0.1, -0.05) is 37.2 Å². The number of hydrogen-bond donors (Lipinski definition) is 2. The molecule has 0 radical (unpaired) electrons. The Hall–Kier alpha value is -4.34. The average molecular weight is 587 g/mol. The second kappa shape index (κ2) is 13.3. The van der Waals surface area contributed by atoms with Crippen LogP contribution in [0, 0.1) is 13.8 Å². The van der Waals surface area contributed by atoms with Crippen LogP contribution in [0.3, 0.4) is 0 Å². The molecule has 0 saturated carbocycles. The zero-order chi connectivity index (χ0) is 30.5. The summed E-state index contributed by atoms with van der Waals surface area (Å²) in [6.07, 6.45) is 2.20. The number of carbonyl (C=O) groups is 3. The second-order valence-corrected chi connectivity index (χ2v) is 11.7. The number of aryl methyl sites for hydroxylation is 2. The number of para-hydroxylation sites is 1. The molecule has 2 N–H and O–H groups in total. The van der Waals surface area contributed by atoms with E-state index < -0.39 is 0 Å². The van der Waals surface area contributed by atoms with Crippen molar-refractivity contribution in [3.8, 4) is 0 Å². The largest absolute Gasteiger partial charge is 0.368 e. The Labute approximate surface area is 253 Å². The summed E-state index contributed by atoms with van der Waals surface area (Å²) >= 11 is 0. The molecule has 5 rings (SSSR count). The lowest BCUT2D eigenvalue weighted by Gasteiger charge is -2.38. The molecule has 10 heteroatoms. The maximum Gasteiger partial charge on any atom is 0.261 e. The van der Waals surface area contributed by atoms with Crippen LogP contribution >= 0.6 is 0 Å². The van der Waals surface area contributed by atoms with Crippen molar-refractivity contribution < 1.29 is 18.9 Å². The number of carbonyl (C=O) groups excluding carboxylic acids is 3. The smallest absolute Gasteiger partial charge is 0.261 e. The molecule has 0 aliphatic carbocycles. The Morgan fingerprint density at radius 2 is 1.67 bits per heavy atom. The molecule has 0 unspecified atom stereocenters. The van der Waals surface area contributed by atoms with Gasteiger partial charge in [0, 0.05) is 69.4 Å². The Morgan fingerprint density at radius 3 is 2.35 bits per heavy atom. The van der Waals surface area contributed by atoms with Crippen LogP contribution in [0.1, 0.15) is 76.8 Å². The molecule has 2 aliphatic heterocycles. The minimum absolute atomic E-state index is 0.0103. The van der Waals surface area contributed by atoms with Crippen LogP contribution in [0.25, 0.3) is 0 Å². The lowest BCUT2D eigenvalue weighted by Crippen LogP contribution is -2.47. The van der Waals surface area contributed by atoms with Crippen molar-refractivity contribution in [3.63, 3.8) is 0 Å². The summed E-state index contributed by atoms with van der Waals surface area (Å²) in [5.74, 6) is 0.182. The lowest BCUT2D eigenvalue weighted by molar-refractivity contribution is -0.127. The van der Waals surface area contributed by atoms with Gasteiger partial charge in [0.05, 0.1) is 17.1 Å². The number of hydrogen-bond acceptors (Lipinski definition) is 7. The monoisotopic (exact) mass is 586 g/mol. The third-order valence-electron chi connectivity index (χ3n) is 8.29. The molecule has 228 valence electrons. The van der Waals surface area contributed by atoms with Crippen molar-refractivity contribution in [1.82, 2.24) is 15.4 Å². The van der Waals surface area contributed by atoms with Gasteiger partial charge in [-0.3, -0.25) is 14.4 Å². The number of nitrogens with one attached hydrogen (secondary N) is 2. The van der Waals surface area contributed by atoms with Gasteiger partial charge in [-0.05, 0) is 56.5 Å². The molecule has 43 heavy (non-hydrogen) atoms. The van der Waals surface area contributed by atoms with Crippen LogP contribution in [-0.2, 0) is 4.79 Å². The van der Waals surface area contributed by atoms with Crippen molar-refractivity contribution in [2.75, 3.05) is 60.9 Å². The van der Waals surface area contributed by atoms with Crippen LogP contribution < -0.4 is 20.4 Å². The highest BCUT2D eigenvalue weighted by Crippen LogP contribution is 2.32. The molecular formula is C33H42N6O4. The summed E-state index contributed by atoms with van der Waals surface area (Å²) in [4.78, 5) is 45.1. The minimum Gasteiger partial charge on any atom is -0.368 e. The SMILES string of the molecule is Cc1ccccc1N1CCN(c2ccc(C(=O)NCCCN3CCCC3=O)cc2NC(=O)c2c(C)noc2C(C)C)CC1. The maximum atomic E-state index is 13.6. The first-order valence-corrected chi connectivity index (χ1v) is 15.3. The van der Waals surface area contributed by atoms with Gasteiger partial charge in [0.15, 0.2) is 5.76 Å². The summed E-state index contributed by atoms with van der Waals surface area (Å²) in [5.41, 5.74) is 5.33. The maximum absolute atomic E-state index is 13.6. The molecule has 0 spiro atoms. The number of piperazine rings is 1. The van der Waals surface area contributed by atoms with Crippen molar-refractivity contribution in [1.29, 1.82) is 0 Å². The van der Waals surface area contributed by atoms with Gasteiger partial charge in [-0.25, -0.2) is 0 Å². The molecular weight excluding hydrogens is 544 g/mol. The van der Waals surface area contributed by atoms with Gasteiger partial charge < -0.3 is 29.9 Å². The molecule has 1 aromatic heterocycles. The lowest BCUT2D eigenvalue weighted by atomic mass is 10.0. The third-order valence-corrected chi connectivity index (χ3v) is 8.29. The van der Waals surface area contributed by atoms with Crippen LogP contribution in [-0.4, -0.2) is 73.6 Å². The second-order valence-electron chi connectivity index (χ2n) is 11.7. The van der Waals surface area contributed by atoms with Crippen LogP contribution in [0.5, 0.6) is 0 Å². The first-order valence-electron chi connectivity index (χ1n) is 15.3. The Bertz CT molecular complexity index is 1470. The molecule has 2 aromatic carbocycles. The highest BCUT2D eigenvalue weighted by Gasteiger charge is 2.26. The van der Waals surface area contributed by atoms with E-state index >= 15 is 0 Å². The first-order chi connectivity index (χ1) is 20.7. The fourth-order valence-electron chi connectivity index (χ4n) is 5.92. The molecule has 3 amide bonds. The number of anilines is 3. The number of amides is 3. The number of benzene rings is 2. The molecule has 2 fully saturated rings. The van der Waals surface area contributed by atoms with Crippen molar-refractivity contribution in [2.24, 2.45) is 0 Å². The molecule has 3 aromatic rings. The molecule has 0 atom stereocenters. The molecule has 3 heterocycles. The quantitative estimate of drug-likeness (QED) is 0.330. The van der Waals surface area contributed by atoms with Gasteiger partial charge in [0.1, 0.15) is 5.56 Å². The van der Waals surface area contributed by atoms with E-state index in [-0.39, 0.29) is 23.6 Å². The van der Waals surface area contributed by atoms with Gasteiger partial charge in [-0.15, -0.1) is 0 Å². The van der Waals surface area contributed by atoms with Gasteiger partial charge in [0.25, 0.3) is 11.8 Å².